The summed E-state index contributed by atoms with van der Waals surface area (Å²) in [5.41, 5.74) is 2.68. The predicted octanol–water partition coefficient (Wildman–Crippen LogP) is 3.23. The quantitative estimate of drug-likeness (QED) is 0.636. The van der Waals surface area contributed by atoms with Gasteiger partial charge in [0, 0.05) is 62.4 Å². The SMILES string of the molecule is Cc1cc(=O)c(C(=O)NCc2cccnc2)c(CC2CCCC2)n1CCCN1CCCC1=O. The molecule has 0 radical (unpaired) electrons. The second-order valence-electron chi connectivity index (χ2n) is 9.36. The average Bonchev–Trinajstić information content (AvgIpc) is 3.46. The summed E-state index contributed by atoms with van der Waals surface area (Å²) < 4.78 is 2.15. The Morgan fingerprint density at radius 2 is 2.00 bits per heavy atom. The Morgan fingerprint density at radius 1 is 1.18 bits per heavy atom. The minimum atomic E-state index is -0.319. The number of carbonyl (C=O) groups excluding carboxylic acids is 2. The van der Waals surface area contributed by atoms with Gasteiger partial charge in [0.25, 0.3) is 5.91 Å². The lowest BCUT2D eigenvalue weighted by Gasteiger charge is -2.23. The Balaban J connectivity index is 1.57. The zero-order valence-electron chi connectivity index (χ0n) is 19.5. The fourth-order valence-electron chi connectivity index (χ4n) is 5.22. The molecule has 33 heavy (non-hydrogen) atoms. The van der Waals surface area contributed by atoms with Gasteiger partial charge in [-0.05, 0) is 43.7 Å². The first-order chi connectivity index (χ1) is 16.0. The molecule has 2 aromatic heterocycles. The maximum absolute atomic E-state index is 13.2. The van der Waals surface area contributed by atoms with Crippen molar-refractivity contribution in [1.82, 2.24) is 19.8 Å². The van der Waals surface area contributed by atoms with E-state index in [-0.39, 0.29) is 22.8 Å². The van der Waals surface area contributed by atoms with E-state index in [4.69, 9.17) is 0 Å². The van der Waals surface area contributed by atoms with Crippen molar-refractivity contribution in [1.29, 1.82) is 0 Å². The van der Waals surface area contributed by atoms with Crippen LogP contribution in [0.1, 0.15) is 72.3 Å². The molecule has 0 unspecified atom stereocenters. The van der Waals surface area contributed by atoms with E-state index in [9.17, 15) is 14.4 Å². The summed E-state index contributed by atoms with van der Waals surface area (Å²) in [5, 5.41) is 2.93. The number of pyridine rings is 2. The molecular weight excluding hydrogens is 416 g/mol. The van der Waals surface area contributed by atoms with Crippen LogP contribution in [0.3, 0.4) is 0 Å². The molecule has 7 nitrogen and oxygen atoms in total. The van der Waals surface area contributed by atoms with Crippen LogP contribution in [0.4, 0.5) is 0 Å². The van der Waals surface area contributed by atoms with E-state index < -0.39 is 0 Å². The van der Waals surface area contributed by atoms with Crippen molar-refractivity contribution in [2.24, 2.45) is 5.92 Å². The van der Waals surface area contributed by atoms with Gasteiger partial charge in [0.1, 0.15) is 5.56 Å². The molecule has 1 saturated carbocycles. The van der Waals surface area contributed by atoms with Gasteiger partial charge in [-0.2, -0.15) is 0 Å². The number of aryl methyl sites for hydroxylation is 1. The van der Waals surface area contributed by atoms with Gasteiger partial charge in [0.05, 0.1) is 0 Å². The summed E-state index contributed by atoms with van der Waals surface area (Å²) in [5.74, 6) is 0.413. The standard InChI is InChI=1S/C26H34N4O3/c1-19-15-23(31)25(26(33)28-18-21-9-4-11-27-17-21)22(16-20-7-2-3-8-20)30(19)14-6-13-29-12-5-10-24(29)32/h4,9,11,15,17,20H,2-3,5-8,10,12-14,16,18H2,1H3,(H,28,33). The van der Waals surface area contributed by atoms with Gasteiger partial charge >= 0.3 is 0 Å². The molecule has 2 aromatic rings. The van der Waals surface area contributed by atoms with E-state index in [1.165, 1.54) is 12.8 Å². The minimum absolute atomic E-state index is 0.213. The molecule has 2 aliphatic rings. The average molecular weight is 451 g/mol. The van der Waals surface area contributed by atoms with Crippen molar-refractivity contribution in [3.63, 3.8) is 0 Å². The summed E-state index contributed by atoms with van der Waals surface area (Å²) in [4.78, 5) is 44.2. The molecule has 0 spiro atoms. The van der Waals surface area contributed by atoms with Crippen LogP contribution in [0.2, 0.25) is 0 Å². The lowest BCUT2D eigenvalue weighted by atomic mass is 9.96. The van der Waals surface area contributed by atoms with Crippen molar-refractivity contribution in [2.45, 2.75) is 71.4 Å². The van der Waals surface area contributed by atoms with Crippen LogP contribution < -0.4 is 10.7 Å². The van der Waals surface area contributed by atoms with Gasteiger partial charge < -0.3 is 14.8 Å². The van der Waals surface area contributed by atoms with Crippen molar-refractivity contribution in [3.05, 3.63) is 63.3 Å². The first-order valence-corrected chi connectivity index (χ1v) is 12.2. The summed E-state index contributed by atoms with van der Waals surface area (Å²) in [7, 11) is 0. The minimum Gasteiger partial charge on any atom is -0.348 e. The van der Waals surface area contributed by atoms with Crippen LogP contribution >= 0.6 is 0 Å². The van der Waals surface area contributed by atoms with Gasteiger partial charge in [0.2, 0.25) is 5.91 Å². The molecule has 0 atom stereocenters. The van der Waals surface area contributed by atoms with E-state index >= 15 is 0 Å². The highest BCUT2D eigenvalue weighted by Gasteiger charge is 2.25. The normalized spacial score (nSPS) is 16.5. The summed E-state index contributed by atoms with van der Waals surface area (Å²) >= 11 is 0. The topological polar surface area (TPSA) is 84.3 Å². The van der Waals surface area contributed by atoms with Gasteiger partial charge in [0.15, 0.2) is 5.43 Å². The number of rotatable bonds is 9. The van der Waals surface area contributed by atoms with Crippen molar-refractivity contribution < 1.29 is 9.59 Å². The Kier molecular flexibility index (Phi) is 7.57. The number of hydrogen-bond acceptors (Lipinski definition) is 4. The molecule has 7 heteroatoms. The zero-order valence-corrected chi connectivity index (χ0v) is 19.5. The van der Waals surface area contributed by atoms with E-state index in [0.29, 0.717) is 25.4 Å². The summed E-state index contributed by atoms with van der Waals surface area (Å²) in [6.45, 7) is 4.52. The number of aromatic nitrogens is 2. The Labute approximate surface area is 195 Å². The molecule has 3 heterocycles. The smallest absolute Gasteiger partial charge is 0.257 e. The molecule has 1 saturated heterocycles. The lowest BCUT2D eigenvalue weighted by molar-refractivity contribution is -0.127. The van der Waals surface area contributed by atoms with Crippen LogP contribution in [-0.4, -0.2) is 39.4 Å². The first-order valence-electron chi connectivity index (χ1n) is 12.2. The van der Waals surface area contributed by atoms with Crippen molar-refractivity contribution >= 4 is 11.8 Å². The lowest BCUT2D eigenvalue weighted by Crippen LogP contribution is -2.33. The fourth-order valence-corrected chi connectivity index (χ4v) is 5.22. The van der Waals surface area contributed by atoms with Crippen LogP contribution in [-0.2, 0) is 24.3 Å². The summed E-state index contributed by atoms with van der Waals surface area (Å²) in [6.07, 6.45) is 11.2. The fraction of sp³-hybridized carbons (Fsp3) is 0.538. The number of hydrogen-bond donors (Lipinski definition) is 1. The van der Waals surface area contributed by atoms with Crippen LogP contribution in [0, 0.1) is 12.8 Å². The largest absolute Gasteiger partial charge is 0.348 e. The molecule has 0 bridgehead atoms. The number of likely N-dealkylation sites (tertiary alicyclic amines) is 1. The first kappa shape index (κ1) is 23.2. The van der Waals surface area contributed by atoms with Crippen molar-refractivity contribution in [3.8, 4) is 0 Å². The molecule has 0 aromatic carbocycles. The maximum Gasteiger partial charge on any atom is 0.257 e. The second kappa shape index (κ2) is 10.8. The molecule has 1 aliphatic carbocycles. The highest BCUT2D eigenvalue weighted by atomic mass is 16.2. The van der Waals surface area contributed by atoms with E-state index in [1.54, 1.807) is 18.5 Å². The van der Waals surface area contributed by atoms with E-state index in [1.807, 2.05) is 24.0 Å². The van der Waals surface area contributed by atoms with E-state index in [0.717, 1.165) is 62.1 Å². The molecule has 176 valence electrons. The Bertz CT molecular complexity index is 1040. The molecule has 1 N–H and O–H groups in total. The Morgan fingerprint density at radius 3 is 2.70 bits per heavy atom. The number of nitrogens with one attached hydrogen (secondary N) is 1. The number of carbonyl (C=O) groups is 2. The molecule has 2 fully saturated rings. The zero-order chi connectivity index (χ0) is 23.2. The molecular formula is C26H34N4O3. The van der Waals surface area contributed by atoms with Crippen LogP contribution in [0.25, 0.3) is 0 Å². The molecule has 4 rings (SSSR count). The third kappa shape index (κ3) is 5.70. The van der Waals surface area contributed by atoms with Crippen molar-refractivity contribution in [2.75, 3.05) is 13.1 Å². The maximum atomic E-state index is 13.2. The highest BCUT2D eigenvalue weighted by molar-refractivity contribution is 5.95. The third-order valence-electron chi connectivity index (χ3n) is 6.97. The van der Waals surface area contributed by atoms with E-state index in [2.05, 4.69) is 14.9 Å². The number of nitrogens with zero attached hydrogens (tertiary/aromatic N) is 3. The van der Waals surface area contributed by atoms with Crippen LogP contribution in [0.15, 0.2) is 35.4 Å². The predicted molar refractivity (Wildman–Crippen MR) is 127 cm³/mol. The number of amides is 2. The van der Waals surface area contributed by atoms with Gasteiger partial charge in [-0.3, -0.25) is 19.4 Å². The van der Waals surface area contributed by atoms with Gasteiger partial charge in [-0.1, -0.05) is 31.7 Å². The highest BCUT2D eigenvalue weighted by Crippen LogP contribution is 2.29. The van der Waals surface area contributed by atoms with Gasteiger partial charge in [-0.15, -0.1) is 0 Å². The van der Waals surface area contributed by atoms with Crippen LogP contribution in [0.5, 0.6) is 0 Å². The third-order valence-corrected chi connectivity index (χ3v) is 6.97. The second-order valence-corrected chi connectivity index (χ2v) is 9.36. The molecule has 1 aliphatic heterocycles. The van der Waals surface area contributed by atoms with Gasteiger partial charge in [-0.25, -0.2) is 0 Å². The monoisotopic (exact) mass is 450 g/mol. The summed E-state index contributed by atoms with van der Waals surface area (Å²) in [6, 6.07) is 5.31. The Hall–Kier alpha value is -2.96. The molecule has 2 amide bonds.